The molecule has 1 heterocycles. The van der Waals surface area contributed by atoms with Crippen molar-refractivity contribution in [3.63, 3.8) is 0 Å². The van der Waals surface area contributed by atoms with E-state index in [4.69, 9.17) is 16.3 Å². The van der Waals surface area contributed by atoms with E-state index in [2.05, 4.69) is 5.32 Å². The molecule has 0 aromatic heterocycles. The molecule has 7 heteroatoms. The lowest BCUT2D eigenvalue weighted by Gasteiger charge is -2.37. The first-order valence-electron chi connectivity index (χ1n) is 6.15. The topological polar surface area (TPSA) is 21.3 Å². The minimum Gasteiger partial charge on any atom is -0.381 e. The second kappa shape index (κ2) is 5.77. The highest BCUT2D eigenvalue weighted by Crippen LogP contribution is 2.33. The van der Waals surface area contributed by atoms with E-state index in [1.54, 1.807) is 0 Å². The van der Waals surface area contributed by atoms with Crippen LogP contribution in [0.1, 0.15) is 18.4 Å². The molecule has 2 nitrogen and oxygen atoms in total. The van der Waals surface area contributed by atoms with E-state index in [9.17, 15) is 17.6 Å². The first-order chi connectivity index (χ1) is 9.36. The highest BCUT2D eigenvalue weighted by molar-refractivity contribution is 6.18. The molecular weight excluding hydrogens is 298 g/mol. The normalized spacial score (nSPS) is 18.9. The largest absolute Gasteiger partial charge is 0.416 e. The average molecular weight is 312 g/mol. The van der Waals surface area contributed by atoms with Gasteiger partial charge in [0.05, 0.1) is 16.8 Å². The lowest BCUT2D eigenvalue weighted by molar-refractivity contribution is -0.137. The van der Waals surface area contributed by atoms with Crippen LogP contribution in [0.15, 0.2) is 18.2 Å². The van der Waals surface area contributed by atoms with Crippen molar-refractivity contribution in [3.05, 3.63) is 29.6 Å². The van der Waals surface area contributed by atoms with Crippen LogP contribution in [-0.2, 0) is 10.9 Å². The van der Waals surface area contributed by atoms with Crippen molar-refractivity contribution in [1.29, 1.82) is 0 Å². The molecule has 0 unspecified atom stereocenters. The number of alkyl halides is 4. The Morgan fingerprint density at radius 3 is 2.40 bits per heavy atom. The van der Waals surface area contributed by atoms with Gasteiger partial charge in [-0.05, 0) is 31.0 Å². The second-order valence-corrected chi connectivity index (χ2v) is 5.11. The first kappa shape index (κ1) is 15.4. The van der Waals surface area contributed by atoms with Gasteiger partial charge in [-0.3, -0.25) is 0 Å². The molecule has 2 rings (SSSR count). The molecule has 1 aliphatic rings. The van der Waals surface area contributed by atoms with Gasteiger partial charge < -0.3 is 10.1 Å². The van der Waals surface area contributed by atoms with E-state index < -0.39 is 23.1 Å². The van der Waals surface area contributed by atoms with Gasteiger partial charge in [-0.1, -0.05) is 0 Å². The fraction of sp³-hybridized carbons (Fsp3) is 0.538. The zero-order chi connectivity index (χ0) is 14.8. The Hall–Kier alpha value is -1.01. The van der Waals surface area contributed by atoms with E-state index in [1.807, 2.05) is 0 Å². The maximum Gasteiger partial charge on any atom is 0.416 e. The molecule has 1 aromatic carbocycles. The summed E-state index contributed by atoms with van der Waals surface area (Å²) >= 11 is 5.92. The zero-order valence-electron chi connectivity index (χ0n) is 10.6. The van der Waals surface area contributed by atoms with Crippen LogP contribution in [0.5, 0.6) is 0 Å². The number of rotatable bonds is 3. The van der Waals surface area contributed by atoms with Crippen LogP contribution in [0.2, 0.25) is 0 Å². The predicted octanol–water partition coefficient (Wildman–Crippen LogP) is 4.04. The average Bonchev–Trinajstić information content (AvgIpc) is 2.41. The van der Waals surface area contributed by atoms with Gasteiger partial charge in [0.1, 0.15) is 5.82 Å². The molecule has 0 atom stereocenters. The number of hydrogen-bond donors (Lipinski definition) is 1. The van der Waals surface area contributed by atoms with Crippen LogP contribution in [0, 0.1) is 5.82 Å². The maximum atomic E-state index is 13.8. The standard InChI is InChI=1S/C13H14ClF4NO/c14-8-12(3-5-20-6-4-12)19-11-2-1-9(7-10(11)15)13(16,17)18/h1-2,7,19H,3-6,8H2. The fourth-order valence-corrected chi connectivity index (χ4v) is 2.47. The SMILES string of the molecule is Fc1cc(C(F)(F)F)ccc1NC1(CCl)CCOCC1. The number of anilines is 1. The molecule has 0 aliphatic carbocycles. The Morgan fingerprint density at radius 1 is 1.25 bits per heavy atom. The Morgan fingerprint density at radius 2 is 1.90 bits per heavy atom. The van der Waals surface area contributed by atoms with Gasteiger partial charge in [-0.15, -0.1) is 11.6 Å². The van der Waals surface area contributed by atoms with Gasteiger partial charge in [0.15, 0.2) is 0 Å². The molecule has 1 fully saturated rings. The number of hydrogen-bond acceptors (Lipinski definition) is 2. The monoisotopic (exact) mass is 311 g/mol. The summed E-state index contributed by atoms with van der Waals surface area (Å²) in [5.74, 6) is -0.701. The van der Waals surface area contributed by atoms with Crippen molar-refractivity contribution in [3.8, 4) is 0 Å². The lowest BCUT2D eigenvalue weighted by atomic mass is 9.91. The smallest absolute Gasteiger partial charge is 0.381 e. The van der Waals surface area contributed by atoms with Crippen LogP contribution in [0.4, 0.5) is 23.2 Å². The van der Waals surface area contributed by atoms with Crippen LogP contribution >= 0.6 is 11.6 Å². The number of benzene rings is 1. The molecule has 0 radical (unpaired) electrons. The first-order valence-corrected chi connectivity index (χ1v) is 6.68. The number of nitrogens with one attached hydrogen (secondary N) is 1. The lowest BCUT2D eigenvalue weighted by Crippen LogP contribution is -2.45. The third-order valence-electron chi connectivity index (χ3n) is 3.40. The Kier molecular flexibility index (Phi) is 4.44. The van der Waals surface area contributed by atoms with E-state index >= 15 is 0 Å². The Balaban J connectivity index is 2.21. The third kappa shape index (κ3) is 3.35. The molecule has 0 saturated carbocycles. The molecule has 0 bridgehead atoms. The van der Waals surface area contributed by atoms with Gasteiger partial charge in [0, 0.05) is 19.1 Å². The van der Waals surface area contributed by atoms with Crippen molar-refractivity contribution in [2.75, 3.05) is 24.4 Å². The molecule has 1 saturated heterocycles. The van der Waals surface area contributed by atoms with E-state index in [1.165, 1.54) is 0 Å². The van der Waals surface area contributed by atoms with E-state index in [0.717, 1.165) is 12.1 Å². The van der Waals surface area contributed by atoms with Crippen LogP contribution in [0.25, 0.3) is 0 Å². The summed E-state index contributed by atoms with van der Waals surface area (Å²) in [5, 5.41) is 2.94. The quantitative estimate of drug-likeness (QED) is 0.672. The Bertz CT molecular complexity index is 472. The van der Waals surface area contributed by atoms with Crippen LogP contribution in [-0.4, -0.2) is 24.6 Å². The van der Waals surface area contributed by atoms with Crippen LogP contribution in [0.3, 0.4) is 0 Å². The van der Waals surface area contributed by atoms with Crippen molar-refractivity contribution in [2.45, 2.75) is 24.6 Å². The number of ether oxygens (including phenoxy) is 1. The van der Waals surface area contributed by atoms with Gasteiger partial charge >= 0.3 is 6.18 Å². The molecule has 0 amide bonds. The fourth-order valence-electron chi connectivity index (χ4n) is 2.13. The molecule has 1 aromatic rings. The highest BCUT2D eigenvalue weighted by Gasteiger charge is 2.34. The summed E-state index contributed by atoms with van der Waals surface area (Å²) in [6, 6.07) is 2.44. The third-order valence-corrected chi connectivity index (χ3v) is 3.91. The predicted molar refractivity (Wildman–Crippen MR) is 68.5 cm³/mol. The van der Waals surface area contributed by atoms with Crippen molar-refractivity contribution < 1.29 is 22.3 Å². The molecule has 1 N–H and O–H groups in total. The number of halogens is 5. The molecule has 112 valence electrons. The van der Waals surface area contributed by atoms with Gasteiger partial charge in [-0.25, -0.2) is 4.39 Å². The summed E-state index contributed by atoms with van der Waals surface area (Å²) in [5.41, 5.74) is -1.52. The Labute approximate surface area is 119 Å². The van der Waals surface area contributed by atoms with E-state index in [0.29, 0.717) is 32.1 Å². The van der Waals surface area contributed by atoms with Gasteiger partial charge in [0.2, 0.25) is 0 Å². The highest BCUT2D eigenvalue weighted by atomic mass is 35.5. The van der Waals surface area contributed by atoms with Crippen molar-refractivity contribution in [1.82, 2.24) is 0 Å². The van der Waals surface area contributed by atoms with Crippen molar-refractivity contribution >= 4 is 17.3 Å². The summed E-state index contributed by atoms with van der Waals surface area (Å²) in [4.78, 5) is 0. The minimum atomic E-state index is -4.55. The maximum absolute atomic E-state index is 13.8. The van der Waals surface area contributed by atoms with Crippen molar-refractivity contribution in [2.24, 2.45) is 0 Å². The molecular formula is C13H14ClF4NO. The summed E-state index contributed by atoms with van der Waals surface area (Å²) in [7, 11) is 0. The summed E-state index contributed by atoms with van der Waals surface area (Å²) < 4.78 is 56.4. The molecule has 20 heavy (non-hydrogen) atoms. The zero-order valence-corrected chi connectivity index (χ0v) is 11.3. The summed E-state index contributed by atoms with van der Waals surface area (Å²) in [6.45, 7) is 0.976. The van der Waals surface area contributed by atoms with Gasteiger partial charge in [0.25, 0.3) is 0 Å². The van der Waals surface area contributed by atoms with Crippen LogP contribution < -0.4 is 5.32 Å². The summed E-state index contributed by atoms with van der Waals surface area (Å²) in [6.07, 6.45) is -3.39. The van der Waals surface area contributed by atoms with E-state index in [-0.39, 0.29) is 11.6 Å². The molecule has 0 spiro atoms. The minimum absolute atomic E-state index is 0.0283. The van der Waals surface area contributed by atoms with Gasteiger partial charge in [-0.2, -0.15) is 13.2 Å². The molecule has 1 aliphatic heterocycles. The second-order valence-electron chi connectivity index (χ2n) is 4.84.